The maximum Gasteiger partial charge on any atom is 0.222 e. The van der Waals surface area contributed by atoms with Crippen LogP contribution >= 0.6 is 0 Å². The minimum atomic E-state index is 0.339. The zero-order valence-electron chi connectivity index (χ0n) is 10.5. The first-order chi connectivity index (χ1) is 7.26. The maximum absolute atomic E-state index is 11.1. The molecule has 1 N–H and O–H groups in total. The fourth-order valence-corrected chi connectivity index (χ4v) is 1.51. The molecule has 0 saturated carbocycles. The molecule has 0 aromatic rings. The van der Waals surface area contributed by atoms with Gasteiger partial charge in [0, 0.05) is 19.5 Å². The molecule has 0 unspecified atom stereocenters. The Balaban J connectivity index is 0.000000583. The number of hydrogen-bond donors (Lipinski definition) is 1. The molecule has 0 aromatic carbocycles. The van der Waals surface area contributed by atoms with Gasteiger partial charge in [0.15, 0.2) is 0 Å². The monoisotopic (exact) mass is 214 g/mol. The van der Waals surface area contributed by atoms with Gasteiger partial charge in [-0.15, -0.1) is 0 Å². The molecule has 90 valence electrons. The third kappa shape index (κ3) is 7.37. The van der Waals surface area contributed by atoms with Crippen LogP contribution in [0.4, 0.5) is 0 Å². The van der Waals surface area contributed by atoms with Crippen molar-refractivity contribution in [2.24, 2.45) is 0 Å². The van der Waals surface area contributed by atoms with Gasteiger partial charge in [-0.25, -0.2) is 0 Å². The molecule has 0 atom stereocenters. The smallest absolute Gasteiger partial charge is 0.222 e. The zero-order valence-corrected chi connectivity index (χ0v) is 10.5. The van der Waals surface area contributed by atoms with E-state index in [1.807, 2.05) is 4.90 Å². The third-order valence-corrected chi connectivity index (χ3v) is 2.20. The van der Waals surface area contributed by atoms with Gasteiger partial charge in [0.2, 0.25) is 5.91 Å². The number of amides is 1. The summed E-state index contributed by atoms with van der Waals surface area (Å²) >= 11 is 0. The predicted molar refractivity (Wildman–Crippen MR) is 64.9 cm³/mol. The van der Waals surface area contributed by atoms with Gasteiger partial charge in [-0.3, -0.25) is 4.79 Å². The lowest BCUT2D eigenvalue weighted by Crippen LogP contribution is -2.28. The lowest BCUT2D eigenvalue weighted by molar-refractivity contribution is -0.127. The molecule has 1 aliphatic heterocycles. The van der Waals surface area contributed by atoms with Gasteiger partial charge in [0.25, 0.3) is 0 Å². The average molecular weight is 214 g/mol. The van der Waals surface area contributed by atoms with E-state index in [0.29, 0.717) is 5.91 Å². The van der Waals surface area contributed by atoms with Gasteiger partial charge in [-0.2, -0.15) is 0 Å². The van der Waals surface area contributed by atoms with Gasteiger partial charge in [-0.05, 0) is 25.9 Å². The molecule has 1 aliphatic rings. The molecule has 1 heterocycles. The van der Waals surface area contributed by atoms with E-state index in [2.05, 4.69) is 26.1 Å². The van der Waals surface area contributed by atoms with Crippen molar-refractivity contribution in [3.63, 3.8) is 0 Å². The van der Waals surface area contributed by atoms with E-state index >= 15 is 0 Å². The molecule has 0 aromatic heterocycles. The van der Waals surface area contributed by atoms with Crippen molar-refractivity contribution in [2.75, 3.05) is 26.2 Å². The zero-order chi connectivity index (χ0) is 11.5. The maximum atomic E-state index is 11.1. The molecular weight excluding hydrogens is 188 g/mol. The van der Waals surface area contributed by atoms with Gasteiger partial charge in [0.1, 0.15) is 0 Å². The summed E-state index contributed by atoms with van der Waals surface area (Å²) in [6, 6.07) is 0. The van der Waals surface area contributed by atoms with Crippen LogP contribution in [0.5, 0.6) is 0 Å². The summed E-state index contributed by atoms with van der Waals surface area (Å²) in [7, 11) is 0. The van der Waals surface area contributed by atoms with E-state index < -0.39 is 0 Å². The number of nitrogens with one attached hydrogen (secondary N) is 1. The van der Waals surface area contributed by atoms with E-state index in [4.69, 9.17) is 0 Å². The SMILES string of the molecule is CCC.CCNCCCN1CCCC1=O. The van der Waals surface area contributed by atoms with Crippen molar-refractivity contribution in [1.82, 2.24) is 10.2 Å². The van der Waals surface area contributed by atoms with E-state index in [-0.39, 0.29) is 0 Å². The molecule has 0 aliphatic carbocycles. The molecule has 3 nitrogen and oxygen atoms in total. The summed E-state index contributed by atoms with van der Waals surface area (Å²) in [5, 5.41) is 3.25. The standard InChI is InChI=1S/C9H18N2O.C3H8/c1-2-10-6-4-8-11-7-3-5-9(11)12;1-3-2/h10H,2-8H2,1H3;3H2,1-2H3. The lowest BCUT2D eigenvalue weighted by atomic mass is 10.4. The Kier molecular flexibility index (Phi) is 9.59. The molecule has 0 radical (unpaired) electrons. The van der Waals surface area contributed by atoms with Gasteiger partial charge < -0.3 is 10.2 Å². The molecule has 0 bridgehead atoms. The largest absolute Gasteiger partial charge is 0.343 e. The molecule has 1 amide bonds. The highest BCUT2D eigenvalue weighted by molar-refractivity contribution is 5.77. The molecular formula is C12H26N2O. The second-order valence-electron chi connectivity index (χ2n) is 3.90. The second-order valence-corrected chi connectivity index (χ2v) is 3.90. The van der Waals surface area contributed by atoms with Gasteiger partial charge >= 0.3 is 0 Å². The minimum Gasteiger partial charge on any atom is -0.343 e. The van der Waals surface area contributed by atoms with Crippen LogP contribution in [0.1, 0.15) is 46.5 Å². The first-order valence-corrected chi connectivity index (χ1v) is 6.24. The number of likely N-dealkylation sites (tertiary alicyclic amines) is 1. The normalized spacial score (nSPS) is 15.1. The van der Waals surface area contributed by atoms with Crippen LogP contribution in [0.3, 0.4) is 0 Å². The minimum absolute atomic E-state index is 0.339. The highest BCUT2D eigenvalue weighted by Crippen LogP contribution is 2.08. The van der Waals surface area contributed by atoms with Crippen molar-refractivity contribution >= 4 is 5.91 Å². The Morgan fingerprint density at radius 2 is 2.00 bits per heavy atom. The highest BCUT2D eigenvalue weighted by Gasteiger charge is 2.18. The molecule has 1 saturated heterocycles. The number of carbonyl (C=O) groups excluding carboxylic acids is 1. The van der Waals surface area contributed by atoms with Crippen LogP contribution in [-0.4, -0.2) is 37.0 Å². The summed E-state index contributed by atoms with van der Waals surface area (Å²) in [5.74, 6) is 0.339. The van der Waals surface area contributed by atoms with Crippen LogP contribution in [0.15, 0.2) is 0 Å². The Bertz CT molecular complexity index is 160. The molecule has 1 fully saturated rings. The lowest BCUT2D eigenvalue weighted by Gasteiger charge is -2.14. The van der Waals surface area contributed by atoms with Crippen LogP contribution in [0, 0.1) is 0 Å². The highest BCUT2D eigenvalue weighted by atomic mass is 16.2. The van der Waals surface area contributed by atoms with Crippen molar-refractivity contribution in [3.8, 4) is 0 Å². The van der Waals surface area contributed by atoms with Crippen LogP contribution in [-0.2, 0) is 4.79 Å². The van der Waals surface area contributed by atoms with Crippen LogP contribution in [0.2, 0.25) is 0 Å². The first-order valence-electron chi connectivity index (χ1n) is 6.24. The molecule has 3 heteroatoms. The fourth-order valence-electron chi connectivity index (χ4n) is 1.51. The van der Waals surface area contributed by atoms with Gasteiger partial charge in [0.05, 0.1) is 0 Å². The summed E-state index contributed by atoms with van der Waals surface area (Å²) in [6.07, 6.45) is 4.15. The summed E-state index contributed by atoms with van der Waals surface area (Å²) < 4.78 is 0. The summed E-state index contributed by atoms with van der Waals surface area (Å²) in [6.45, 7) is 10.3. The second kappa shape index (κ2) is 9.97. The van der Waals surface area contributed by atoms with Crippen molar-refractivity contribution in [1.29, 1.82) is 0 Å². The third-order valence-electron chi connectivity index (χ3n) is 2.20. The topological polar surface area (TPSA) is 32.3 Å². The molecule has 15 heavy (non-hydrogen) atoms. The fraction of sp³-hybridized carbons (Fsp3) is 0.917. The van der Waals surface area contributed by atoms with Crippen molar-refractivity contribution < 1.29 is 4.79 Å². The number of rotatable bonds is 5. The predicted octanol–water partition coefficient (Wildman–Crippen LogP) is 2.02. The number of hydrogen-bond acceptors (Lipinski definition) is 2. The number of carbonyl (C=O) groups is 1. The Morgan fingerprint density at radius 3 is 2.47 bits per heavy atom. The molecule has 0 spiro atoms. The first kappa shape index (κ1) is 14.4. The van der Waals surface area contributed by atoms with E-state index in [0.717, 1.165) is 45.4 Å². The Hall–Kier alpha value is -0.570. The Labute approximate surface area is 94.2 Å². The van der Waals surface area contributed by atoms with Crippen molar-refractivity contribution in [3.05, 3.63) is 0 Å². The molecule has 1 rings (SSSR count). The quantitative estimate of drug-likeness (QED) is 0.710. The van der Waals surface area contributed by atoms with Crippen LogP contribution < -0.4 is 5.32 Å². The summed E-state index contributed by atoms with van der Waals surface area (Å²) in [4.78, 5) is 13.1. The van der Waals surface area contributed by atoms with Crippen LogP contribution in [0.25, 0.3) is 0 Å². The van der Waals surface area contributed by atoms with Crippen molar-refractivity contribution in [2.45, 2.75) is 46.5 Å². The van der Waals surface area contributed by atoms with Gasteiger partial charge in [-0.1, -0.05) is 27.2 Å². The average Bonchev–Trinajstić information content (AvgIpc) is 2.60. The van der Waals surface area contributed by atoms with E-state index in [1.54, 1.807) is 0 Å². The van der Waals surface area contributed by atoms with E-state index in [9.17, 15) is 4.79 Å². The van der Waals surface area contributed by atoms with E-state index in [1.165, 1.54) is 6.42 Å². The summed E-state index contributed by atoms with van der Waals surface area (Å²) in [5.41, 5.74) is 0. The Morgan fingerprint density at radius 1 is 1.33 bits per heavy atom. The number of nitrogens with zero attached hydrogens (tertiary/aromatic N) is 1.